The molecule has 24 heavy (non-hydrogen) atoms. The highest BCUT2D eigenvalue weighted by atomic mass is 15.5. The summed E-state index contributed by atoms with van der Waals surface area (Å²) in [7, 11) is 0. The SMILES string of the molecule is Cc1nc2c(nc1C)N(c1ccccc1)C(C)N2c1ccccc1. The molecule has 2 heterocycles. The molecule has 0 radical (unpaired) electrons. The van der Waals surface area contributed by atoms with Gasteiger partial charge in [0.05, 0.1) is 11.4 Å². The van der Waals surface area contributed by atoms with Crippen LogP contribution in [0, 0.1) is 13.8 Å². The largest absolute Gasteiger partial charge is 0.302 e. The molecular weight excluding hydrogens is 296 g/mol. The molecule has 0 saturated carbocycles. The van der Waals surface area contributed by atoms with Gasteiger partial charge in [-0.1, -0.05) is 36.4 Å². The second-order valence-corrected chi connectivity index (χ2v) is 6.08. The lowest BCUT2D eigenvalue weighted by atomic mass is 10.2. The first-order valence-corrected chi connectivity index (χ1v) is 8.20. The standard InChI is InChI=1S/C20H20N4/c1-14-15(2)22-20-19(21-14)23(17-10-6-4-7-11-17)16(3)24(20)18-12-8-5-9-13-18/h4-13,16H,1-3H3. The van der Waals surface area contributed by atoms with Crippen LogP contribution in [0.1, 0.15) is 18.3 Å². The number of benzene rings is 2. The van der Waals surface area contributed by atoms with Gasteiger partial charge in [0.2, 0.25) is 0 Å². The Balaban J connectivity index is 1.92. The van der Waals surface area contributed by atoms with E-state index in [4.69, 9.17) is 9.97 Å². The van der Waals surface area contributed by atoms with Gasteiger partial charge in [0.25, 0.3) is 0 Å². The Morgan fingerprint density at radius 2 is 1.04 bits per heavy atom. The number of hydrogen-bond acceptors (Lipinski definition) is 4. The van der Waals surface area contributed by atoms with Gasteiger partial charge >= 0.3 is 0 Å². The van der Waals surface area contributed by atoms with Crippen LogP contribution in [0.3, 0.4) is 0 Å². The van der Waals surface area contributed by atoms with Gasteiger partial charge in [-0.2, -0.15) is 0 Å². The molecule has 0 fully saturated rings. The van der Waals surface area contributed by atoms with Crippen LogP contribution in [-0.2, 0) is 0 Å². The first kappa shape index (κ1) is 14.7. The summed E-state index contributed by atoms with van der Waals surface area (Å²) in [4.78, 5) is 14.2. The molecular formula is C20H20N4. The second-order valence-electron chi connectivity index (χ2n) is 6.08. The van der Waals surface area contributed by atoms with Crippen molar-refractivity contribution in [3.05, 3.63) is 72.1 Å². The van der Waals surface area contributed by atoms with Crippen LogP contribution in [0.5, 0.6) is 0 Å². The average molecular weight is 316 g/mol. The number of para-hydroxylation sites is 2. The summed E-state index contributed by atoms with van der Waals surface area (Å²) in [6.07, 6.45) is 0.103. The van der Waals surface area contributed by atoms with E-state index < -0.39 is 0 Å². The van der Waals surface area contributed by atoms with Crippen molar-refractivity contribution in [3.63, 3.8) is 0 Å². The molecule has 1 aliphatic rings. The fourth-order valence-electron chi connectivity index (χ4n) is 3.23. The topological polar surface area (TPSA) is 32.3 Å². The summed E-state index contributed by atoms with van der Waals surface area (Å²) in [5.41, 5.74) is 4.19. The maximum atomic E-state index is 4.86. The summed E-state index contributed by atoms with van der Waals surface area (Å²) in [5.74, 6) is 1.83. The number of rotatable bonds is 2. The van der Waals surface area contributed by atoms with Gasteiger partial charge in [-0.25, -0.2) is 9.97 Å². The summed E-state index contributed by atoms with van der Waals surface area (Å²) in [6, 6.07) is 20.8. The van der Waals surface area contributed by atoms with E-state index >= 15 is 0 Å². The zero-order valence-corrected chi connectivity index (χ0v) is 14.1. The van der Waals surface area contributed by atoms with Crippen molar-refractivity contribution in [2.75, 3.05) is 9.80 Å². The molecule has 0 amide bonds. The molecule has 0 aliphatic carbocycles. The summed E-state index contributed by atoms with van der Waals surface area (Å²) in [5, 5.41) is 0. The molecule has 0 saturated heterocycles. The van der Waals surface area contributed by atoms with Crippen molar-refractivity contribution >= 4 is 23.0 Å². The van der Waals surface area contributed by atoms with Crippen molar-refractivity contribution in [1.82, 2.24) is 9.97 Å². The van der Waals surface area contributed by atoms with Crippen molar-refractivity contribution < 1.29 is 0 Å². The lowest BCUT2D eigenvalue weighted by Crippen LogP contribution is -2.35. The van der Waals surface area contributed by atoms with Crippen LogP contribution in [0.15, 0.2) is 60.7 Å². The number of anilines is 4. The normalized spacial score (nSPS) is 14.1. The van der Waals surface area contributed by atoms with E-state index in [-0.39, 0.29) is 6.17 Å². The predicted molar refractivity (Wildman–Crippen MR) is 98.1 cm³/mol. The third-order valence-corrected chi connectivity index (χ3v) is 4.54. The van der Waals surface area contributed by atoms with Gasteiger partial charge in [-0.15, -0.1) is 0 Å². The van der Waals surface area contributed by atoms with E-state index in [1.807, 2.05) is 26.0 Å². The van der Waals surface area contributed by atoms with Crippen molar-refractivity contribution in [2.45, 2.75) is 26.9 Å². The van der Waals surface area contributed by atoms with E-state index in [1.54, 1.807) is 0 Å². The minimum Gasteiger partial charge on any atom is -0.302 e. The average Bonchev–Trinajstić information content (AvgIpc) is 2.88. The Bertz CT molecular complexity index is 789. The number of hydrogen-bond donors (Lipinski definition) is 0. The van der Waals surface area contributed by atoms with E-state index in [0.29, 0.717) is 0 Å². The number of nitrogens with zero attached hydrogens (tertiary/aromatic N) is 4. The van der Waals surface area contributed by atoms with Crippen molar-refractivity contribution in [3.8, 4) is 0 Å². The molecule has 4 rings (SSSR count). The Hall–Kier alpha value is -2.88. The molecule has 0 unspecified atom stereocenters. The summed E-state index contributed by atoms with van der Waals surface area (Å²) < 4.78 is 0. The van der Waals surface area contributed by atoms with Crippen LogP contribution < -0.4 is 9.80 Å². The Morgan fingerprint density at radius 1 is 0.667 bits per heavy atom. The molecule has 0 spiro atoms. The fraction of sp³-hybridized carbons (Fsp3) is 0.200. The van der Waals surface area contributed by atoms with Crippen LogP contribution in [0.25, 0.3) is 0 Å². The van der Waals surface area contributed by atoms with E-state index in [2.05, 4.69) is 65.3 Å². The third kappa shape index (κ3) is 2.22. The lowest BCUT2D eigenvalue weighted by Gasteiger charge is -2.29. The minimum atomic E-state index is 0.103. The van der Waals surface area contributed by atoms with Crippen LogP contribution in [0.4, 0.5) is 23.0 Å². The van der Waals surface area contributed by atoms with Gasteiger partial charge < -0.3 is 9.80 Å². The quantitative estimate of drug-likeness (QED) is 0.684. The molecule has 0 atom stereocenters. The molecule has 3 aromatic rings. The highest BCUT2D eigenvalue weighted by Gasteiger charge is 2.37. The van der Waals surface area contributed by atoms with Crippen LogP contribution in [-0.4, -0.2) is 16.1 Å². The zero-order chi connectivity index (χ0) is 16.7. The van der Waals surface area contributed by atoms with Crippen molar-refractivity contribution in [2.24, 2.45) is 0 Å². The molecule has 0 N–H and O–H groups in total. The molecule has 0 bridgehead atoms. The Labute approximate surface area is 142 Å². The highest BCUT2D eigenvalue weighted by Crippen LogP contribution is 2.45. The monoisotopic (exact) mass is 316 g/mol. The van der Waals surface area contributed by atoms with Gasteiger partial charge in [-0.05, 0) is 45.0 Å². The number of fused-ring (bicyclic) bond motifs is 1. The zero-order valence-electron chi connectivity index (χ0n) is 14.1. The lowest BCUT2D eigenvalue weighted by molar-refractivity contribution is 0.754. The maximum absolute atomic E-state index is 4.86. The fourth-order valence-corrected chi connectivity index (χ4v) is 3.23. The predicted octanol–water partition coefficient (Wildman–Crippen LogP) is 4.73. The number of aryl methyl sites for hydroxylation is 2. The van der Waals surface area contributed by atoms with E-state index in [0.717, 1.165) is 34.4 Å². The molecule has 1 aliphatic heterocycles. The number of aromatic nitrogens is 2. The molecule has 2 aromatic carbocycles. The smallest absolute Gasteiger partial charge is 0.178 e. The molecule has 4 heteroatoms. The Morgan fingerprint density at radius 3 is 1.42 bits per heavy atom. The third-order valence-electron chi connectivity index (χ3n) is 4.54. The van der Waals surface area contributed by atoms with Gasteiger partial charge in [0.15, 0.2) is 11.6 Å². The Kier molecular flexibility index (Phi) is 3.45. The van der Waals surface area contributed by atoms with E-state index in [1.165, 1.54) is 0 Å². The second kappa shape index (κ2) is 5.64. The van der Waals surface area contributed by atoms with Gasteiger partial charge in [-0.3, -0.25) is 0 Å². The maximum Gasteiger partial charge on any atom is 0.178 e. The minimum absolute atomic E-state index is 0.103. The van der Waals surface area contributed by atoms with Gasteiger partial charge in [0.1, 0.15) is 6.17 Å². The summed E-state index contributed by atoms with van der Waals surface area (Å²) >= 11 is 0. The van der Waals surface area contributed by atoms with Crippen molar-refractivity contribution in [1.29, 1.82) is 0 Å². The summed E-state index contributed by atoms with van der Waals surface area (Å²) in [6.45, 7) is 6.22. The highest BCUT2D eigenvalue weighted by molar-refractivity contribution is 5.83. The van der Waals surface area contributed by atoms with E-state index in [9.17, 15) is 0 Å². The van der Waals surface area contributed by atoms with Crippen LogP contribution >= 0.6 is 0 Å². The van der Waals surface area contributed by atoms with Gasteiger partial charge in [0, 0.05) is 11.4 Å². The molecule has 4 nitrogen and oxygen atoms in total. The molecule has 120 valence electrons. The first-order chi connectivity index (χ1) is 11.7. The van der Waals surface area contributed by atoms with Crippen LogP contribution in [0.2, 0.25) is 0 Å². The first-order valence-electron chi connectivity index (χ1n) is 8.20. The molecule has 1 aromatic heterocycles.